The van der Waals surface area contributed by atoms with Gasteiger partial charge >= 0.3 is 0 Å². The average Bonchev–Trinajstić information content (AvgIpc) is 2.13. The van der Waals surface area contributed by atoms with E-state index in [1.165, 1.54) is 3.53 Å². The van der Waals surface area contributed by atoms with Crippen LogP contribution in [-0.4, -0.2) is 20.3 Å². The zero-order chi connectivity index (χ0) is 6.85. The van der Waals surface area contributed by atoms with Gasteiger partial charge in [0, 0.05) is 10.5 Å². The molecule has 0 aromatic rings. The van der Waals surface area contributed by atoms with Crippen molar-refractivity contribution in [1.29, 1.82) is 0 Å². The van der Waals surface area contributed by atoms with Crippen LogP contribution in [0.1, 0.15) is 13.8 Å². The third-order valence-corrected chi connectivity index (χ3v) is 6.00. The third kappa shape index (κ3) is 1.85. The van der Waals surface area contributed by atoms with Crippen LogP contribution in [0.15, 0.2) is 0 Å². The Morgan fingerprint density at radius 3 is 1.89 bits per heavy atom. The van der Waals surface area contributed by atoms with Gasteiger partial charge in [-0.3, -0.25) is 0 Å². The minimum Gasteiger partial charge on any atom is -0.0535 e. The molecule has 1 saturated heterocycles. The summed E-state index contributed by atoms with van der Waals surface area (Å²) in [5.74, 6) is 0. The first-order valence-corrected chi connectivity index (χ1v) is 5.96. The highest BCUT2D eigenvalue weighted by Gasteiger charge is 2.30. The van der Waals surface area contributed by atoms with Crippen molar-refractivity contribution in [2.75, 3.05) is 6.26 Å². The molecule has 0 aromatic heterocycles. The lowest BCUT2D eigenvalue weighted by Crippen LogP contribution is -2.04. The Morgan fingerprint density at radius 1 is 1.22 bits per heavy atom. The van der Waals surface area contributed by atoms with E-state index in [-0.39, 0.29) is 0 Å². The molecular weight excluding hydrogens is 168 g/mol. The predicted molar refractivity (Wildman–Crippen MR) is 52.4 cm³/mol. The molecule has 0 radical (unpaired) electrons. The van der Waals surface area contributed by atoms with E-state index in [2.05, 4.69) is 20.1 Å². The van der Waals surface area contributed by atoms with Gasteiger partial charge < -0.3 is 0 Å². The van der Waals surface area contributed by atoms with Crippen LogP contribution >= 0.6 is 23.5 Å². The van der Waals surface area contributed by atoms with Gasteiger partial charge in [-0.25, -0.2) is 0 Å². The van der Waals surface area contributed by atoms with E-state index >= 15 is 0 Å². The van der Waals surface area contributed by atoms with Gasteiger partial charge in [0.25, 0.3) is 3.53 Å². The van der Waals surface area contributed by atoms with Crippen molar-refractivity contribution in [3.63, 3.8) is 0 Å². The summed E-state index contributed by atoms with van der Waals surface area (Å²) >= 11 is 5.91. The molecule has 0 amide bonds. The summed E-state index contributed by atoms with van der Waals surface area (Å²) in [4.78, 5) is 0. The van der Waals surface area contributed by atoms with Crippen LogP contribution in [-0.2, 0) is 11.4 Å². The smallest absolute Gasteiger partial charge is 0.0535 e. The van der Waals surface area contributed by atoms with Crippen LogP contribution in [0.4, 0.5) is 0 Å². The molecule has 0 nitrogen and oxygen atoms in total. The Kier molecular flexibility index (Phi) is 2.86. The molecule has 3 heteroatoms. The molecular formula is C6H11S3+. The lowest BCUT2D eigenvalue weighted by Gasteiger charge is -2.00. The topological polar surface area (TPSA) is 0 Å². The average molecular weight is 179 g/mol. The number of hydrogen-bond donors (Lipinski definition) is 0. The Morgan fingerprint density at radius 2 is 1.67 bits per heavy atom. The zero-order valence-corrected chi connectivity index (χ0v) is 8.33. The first-order valence-electron chi connectivity index (χ1n) is 2.98. The third-order valence-electron chi connectivity index (χ3n) is 1.39. The Bertz CT molecular complexity index is 118. The van der Waals surface area contributed by atoms with Crippen molar-refractivity contribution >= 4 is 38.4 Å². The minimum atomic E-state index is 0.817. The first kappa shape index (κ1) is 7.89. The van der Waals surface area contributed by atoms with Crippen LogP contribution in [0.3, 0.4) is 0 Å². The molecule has 1 aliphatic heterocycles. The van der Waals surface area contributed by atoms with Crippen LogP contribution in [0.25, 0.3) is 0 Å². The first-order chi connectivity index (χ1) is 4.24. The molecule has 2 unspecified atom stereocenters. The number of thioether (sulfide) groups is 2. The maximum absolute atomic E-state index is 2.30. The van der Waals surface area contributed by atoms with E-state index in [0.29, 0.717) is 0 Å². The normalized spacial score (nSPS) is 35.2. The minimum absolute atomic E-state index is 0.817. The fraction of sp³-hybridized carbons (Fsp3) is 0.833. The Hall–Kier alpha value is 0.790. The highest BCUT2D eigenvalue weighted by molar-refractivity contribution is 8.49. The number of hydrogen-bond acceptors (Lipinski definition) is 2. The van der Waals surface area contributed by atoms with E-state index in [4.69, 9.17) is 0 Å². The highest BCUT2D eigenvalue weighted by Crippen LogP contribution is 2.37. The maximum Gasteiger partial charge on any atom is 0.291 e. The van der Waals surface area contributed by atoms with E-state index in [9.17, 15) is 0 Å². The van der Waals surface area contributed by atoms with Crippen LogP contribution in [0.2, 0.25) is 0 Å². The van der Waals surface area contributed by atoms with E-state index in [0.717, 1.165) is 10.5 Å². The van der Waals surface area contributed by atoms with Gasteiger partial charge in [0.15, 0.2) is 17.6 Å². The highest BCUT2D eigenvalue weighted by atomic mass is 32.2. The molecule has 2 atom stereocenters. The molecule has 0 saturated carbocycles. The van der Waals surface area contributed by atoms with Gasteiger partial charge in [0.2, 0.25) is 0 Å². The van der Waals surface area contributed by atoms with Crippen LogP contribution < -0.4 is 0 Å². The van der Waals surface area contributed by atoms with Crippen LogP contribution in [0, 0.1) is 0 Å². The Balaban J connectivity index is 2.54. The van der Waals surface area contributed by atoms with Gasteiger partial charge in [-0.1, -0.05) is 37.4 Å². The molecule has 1 rings (SSSR count). The number of rotatable bonds is 0. The molecule has 0 aromatic carbocycles. The van der Waals surface area contributed by atoms with Gasteiger partial charge in [-0.05, 0) is 0 Å². The van der Waals surface area contributed by atoms with Crippen molar-refractivity contribution in [2.24, 2.45) is 0 Å². The second kappa shape index (κ2) is 3.26. The van der Waals surface area contributed by atoms with Crippen molar-refractivity contribution in [3.8, 4) is 0 Å². The van der Waals surface area contributed by atoms with Gasteiger partial charge in [0.1, 0.15) is 0 Å². The van der Waals surface area contributed by atoms with Crippen molar-refractivity contribution in [2.45, 2.75) is 24.3 Å². The summed E-state index contributed by atoms with van der Waals surface area (Å²) in [7, 11) is 0. The largest absolute Gasteiger partial charge is 0.291 e. The molecule has 1 fully saturated rings. The summed E-state index contributed by atoms with van der Waals surface area (Å²) in [6, 6.07) is 0. The molecule has 1 aliphatic rings. The van der Waals surface area contributed by atoms with Crippen LogP contribution in [0.5, 0.6) is 0 Å². The van der Waals surface area contributed by atoms with Crippen molar-refractivity contribution < 1.29 is 0 Å². The predicted octanol–water partition coefficient (Wildman–Crippen LogP) is 2.04. The lowest BCUT2D eigenvalue weighted by atomic mass is 10.4. The summed E-state index contributed by atoms with van der Waals surface area (Å²) < 4.78 is 1.54. The summed E-state index contributed by atoms with van der Waals surface area (Å²) in [6.45, 7) is 4.59. The second-order valence-electron chi connectivity index (χ2n) is 2.10. The standard InChI is InChI=1S/C6H11S3/c1-4-5(2)9-6(7-3)8-4/h4-5H,1-3H3/q+1. The monoisotopic (exact) mass is 179 g/mol. The maximum atomic E-state index is 2.30. The van der Waals surface area contributed by atoms with E-state index in [1.807, 2.05) is 34.9 Å². The van der Waals surface area contributed by atoms with E-state index < -0.39 is 0 Å². The molecule has 52 valence electrons. The molecule has 0 spiro atoms. The second-order valence-corrected chi connectivity index (χ2v) is 6.47. The van der Waals surface area contributed by atoms with Gasteiger partial charge in [0.05, 0.1) is 0 Å². The lowest BCUT2D eigenvalue weighted by molar-refractivity contribution is 0.941. The SMILES string of the molecule is C[S+]=C1SC(C)C(C)S1. The molecule has 1 heterocycles. The zero-order valence-electron chi connectivity index (χ0n) is 5.88. The molecule has 0 N–H and O–H groups in total. The molecule has 0 aliphatic carbocycles. The van der Waals surface area contributed by atoms with Gasteiger partial charge in [-0.15, -0.1) is 0 Å². The summed E-state index contributed by atoms with van der Waals surface area (Å²) in [5, 5.41) is 1.63. The fourth-order valence-corrected chi connectivity index (χ4v) is 4.76. The molecule has 9 heavy (non-hydrogen) atoms. The van der Waals surface area contributed by atoms with Crippen molar-refractivity contribution in [3.05, 3.63) is 0 Å². The fourth-order valence-electron chi connectivity index (χ4n) is 0.619. The summed E-state index contributed by atoms with van der Waals surface area (Å²) in [6.07, 6.45) is 2.15. The van der Waals surface area contributed by atoms with Gasteiger partial charge in [-0.2, -0.15) is 0 Å². The summed E-state index contributed by atoms with van der Waals surface area (Å²) in [5.41, 5.74) is 0. The Labute approximate surface area is 69.1 Å². The quantitative estimate of drug-likeness (QED) is 0.412. The molecule has 0 bridgehead atoms. The van der Waals surface area contributed by atoms with Crippen molar-refractivity contribution in [1.82, 2.24) is 0 Å². The van der Waals surface area contributed by atoms with E-state index in [1.54, 1.807) is 0 Å².